The van der Waals surface area contributed by atoms with Crippen LogP contribution in [0.5, 0.6) is 17.2 Å². The zero-order chi connectivity index (χ0) is 23.4. The minimum absolute atomic E-state index is 0.0462. The molecule has 0 heterocycles. The molecule has 1 aliphatic rings. The summed E-state index contributed by atoms with van der Waals surface area (Å²) in [5.74, 6) is -0.192. The number of carbonyl (C=O) groups is 3. The highest BCUT2D eigenvalue weighted by atomic mass is 35.5. The van der Waals surface area contributed by atoms with Crippen molar-refractivity contribution in [2.24, 2.45) is 11.8 Å². The first-order valence-corrected chi connectivity index (χ1v) is 10.3. The van der Waals surface area contributed by atoms with Crippen LogP contribution in [-0.2, 0) is 9.53 Å². The van der Waals surface area contributed by atoms with Gasteiger partial charge in [0.05, 0.1) is 37.6 Å². The number of hydrogen-bond donors (Lipinski definition) is 1. The van der Waals surface area contributed by atoms with Gasteiger partial charge in [0.15, 0.2) is 23.9 Å². The summed E-state index contributed by atoms with van der Waals surface area (Å²) in [7, 11) is 4.34. The van der Waals surface area contributed by atoms with Crippen LogP contribution in [0, 0.1) is 11.8 Å². The average molecular weight is 462 g/mol. The summed E-state index contributed by atoms with van der Waals surface area (Å²) >= 11 is 6.05. The zero-order valence-electron chi connectivity index (χ0n) is 18.2. The normalized spacial score (nSPS) is 16.7. The fourth-order valence-corrected chi connectivity index (χ4v) is 3.45. The van der Waals surface area contributed by atoms with Gasteiger partial charge in [-0.25, -0.2) is 4.79 Å². The Morgan fingerprint density at radius 3 is 2.19 bits per heavy atom. The van der Waals surface area contributed by atoms with Gasteiger partial charge in [-0.05, 0) is 30.5 Å². The van der Waals surface area contributed by atoms with Crippen LogP contribution >= 0.6 is 11.6 Å². The number of ketones is 1. The van der Waals surface area contributed by atoms with Gasteiger partial charge < -0.3 is 24.3 Å². The third-order valence-electron chi connectivity index (χ3n) is 5.26. The van der Waals surface area contributed by atoms with E-state index in [1.165, 1.54) is 45.6 Å². The van der Waals surface area contributed by atoms with Gasteiger partial charge in [0.2, 0.25) is 5.91 Å². The molecule has 1 aliphatic carbocycles. The topological polar surface area (TPSA) is 100 Å². The summed E-state index contributed by atoms with van der Waals surface area (Å²) in [5, 5.41) is 3.03. The van der Waals surface area contributed by atoms with Crippen LogP contribution in [0.2, 0.25) is 5.02 Å². The molecule has 2 aromatic carbocycles. The van der Waals surface area contributed by atoms with Gasteiger partial charge in [-0.2, -0.15) is 0 Å². The second kappa shape index (κ2) is 9.91. The van der Waals surface area contributed by atoms with Gasteiger partial charge in [0.1, 0.15) is 5.75 Å². The molecule has 8 nitrogen and oxygen atoms in total. The lowest BCUT2D eigenvalue weighted by atomic mass is 10.1. The molecule has 1 N–H and O–H groups in total. The number of methoxy groups -OCH3 is 3. The van der Waals surface area contributed by atoms with Crippen molar-refractivity contribution in [2.75, 3.05) is 33.3 Å². The first-order valence-electron chi connectivity index (χ1n) is 9.89. The van der Waals surface area contributed by atoms with Crippen molar-refractivity contribution in [3.63, 3.8) is 0 Å². The molecule has 3 rings (SSSR count). The van der Waals surface area contributed by atoms with Crippen molar-refractivity contribution in [1.82, 2.24) is 0 Å². The molecule has 0 aromatic heterocycles. The summed E-state index contributed by atoms with van der Waals surface area (Å²) in [6.07, 6.45) is 0.790. The lowest BCUT2D eigenvalue weighted by molar-refractivity contribution is -0.117. The van der Waals surface area contributed by atoms with Crippen LogP contribution < -0.4 is 19.5 Å². The Morgan fingerprint density at radius 1 is 1.00 bits per heavy atom. The van der Waals surface area contributed by atoms with Crippen LogP contribution in [0.4, 0.5) is 5.69 Å². The zero-order valence-corrected chi connectivity index (χ0v) is 18.9. The SMILES string of the molecule is COc1ccc(C(=O)COC(=O)c2cc(OC)c(OC)cc2NC(=O)C2CC2C)cc1Cl. The van der Waals surface area contributed by atoms with E-state index < -0.39 is 18.4 Å². The van der Waals surface area contributed by atoms with E-state index in [0.717, 1.165) is 6.42 Å². The smallest absolute Gasteiger partial charge is 0.340 e. The van der Waals surface area contributed by atoms with E-state index in [9.17, 15) is 14.4 Å². The lowest BCUT2D eigenvalue weighted by Crippen LogP contribution is -2.19. The number of nitrogens with one attached hydrogen (secondary N) is 1. The number of benzene rings is 2. The fourth-order valence-electron chi connectivity index (χ4n) is 3.20. The highest BCUT2D eigenvalue weighted by Gasteiger charge is 2.39. The molecule has 170 valence electrons. The summed E-state index contributed by atoms with van der Waals surface area (Å²) in [6.45, 7) is 1.47. The van der Waals surface area contributed by atoms with E-state index in [1.54, 1.807) is 6.07 Å². The van der Waals surface area contributed by atoms with Crippen molar-refractivity contribution in [3.8, 4) is 17.2 Å². The number of esters is 1. The van der Waals surface area contributed by atoms with Gasteiger partial charge in [-0.15, -0.1) is 0 Å². The molecule has 2 aromatic rings. The van der Waals surface area contributed by atoms with Crippen molar-refractivity contribution in [2.45, 2.75) is 13.3 Å². The molecule has 1 amide bonds. The third-order valence-corrected chi connectivity index (χ3v) is 5.55. The van der Waals surface area contributed by atoms with Gasteiger partial charge >= 0.3 is 5.97 Å². The number of Topliss-reactive ketones (excluding diaryl/α,β-unsaturated/α-hetero) is 1. The van der Waals surface area contributed by atoms with E-state index in [2.05, 4.69) is 5.32 Å². The Balaban J connectivity index is 1.78. The molecule has 0 saturated heterocycles. The Bertz CT molecular complexity index is 1050. The number of ether oxygens (including phenoxy) is 4. The highest BCUT2D eigenvalue weighted by Crippen LogP contribution is 2.40. The second-order valence-corrected chi connectivity index (χ2v) is 7.82. The number of anilines is 1. The first kappa shape index (κ1) is 23.4. The van der Waals surface area contributed by atoms with E-state index in [0.29, 0.717) is 17.4 Å². The van der Waals surface area contributed by atoms with Gasteiger partial charge in [0.25, 0.3) is 0 Å². The summed E-state index contributed by atoms with van der Waals surface area (Å²) in [4.78, 5) is 37.7. The van der Waals surface area contributed by atoms with E-state index in [4.69, 9.17) is 30.5 Å². The van der Waals surface area contributed by atoms with Crippen molar-refractivity contribution >= 4 is 34.9 Å². The largest absolute Gasteiger partial charge is 0.495 e. The van der Waals surface area contributed by atoms with Crippen LogP contribution in [0.1, 0.15) is 34.1 Å². The average Bonchev–Trinajstić information content (AvgIpc) is 3.53. The molecule has 0 radical (unpaired) electrons. The van der Waals surface area contributed by atoms with Crippen LogP contribution in [0.15, 0.2) is 30.3 Å². The molecule has 1 saturated carbocycles. The van der Waals surface area contributed by atoms with Gasteiger partial charge in [-0.3, -0.25) is 9.59 Å². The number of hydrogen-bond acceptors (Lipinski definition) is 7. The lowest BCUT2D eigenvalue weighted by Gasteiger charge is -2.15. The quantitative estimate of drug-likeness (QED) is 0.445. The molecule has 2 unspecified atom stereocenters. The maximum Gasteiger partial charge on any atom is 0.340 e. The number of carbonyl (C=O) groups excluding carboxylic acids is 3. The van der Waals surface area contributed by atoms with E-state index in [1.807, 2.05) is 6.92 Å². The predicted octanol–water partition coefficient (Wildman–Crippen LogP) is 4.00. The molecule has 0 aliphatic heterocycles. The van der Waals surface area contributed by atoms with E-state index >= 15 is 0 Å². The van der Waals surface area contributed by atoms with E-state index in [-0.39, 0.29) is 39.4 Å². The Kier molecular flexibility index (Phi) is 7.25. The summed E-state index contributed by atoms with van der Waals surface area (Å²) in [6, 6.07) is 7.42. The number of halogens is 1. The minimum atomic E-state index is -0.793. The molecule has 0 spiro atoms. The second-order valence-electron chi connectivity index (χ2n) is 7.41. The molecule has 9 heteroatoms. The maximum absolute atomic E-state index is 12.8. The summed E-state index contributed by atoms with van der Waals surface area (Å²) in [5.41, 5.74) is 0.536. The minimum Gasteiger partial charge on any atom is -0.495 e. The Morgan fingerprint density at radius 2 is 1.62 bits per heavy atom. The molecule has 0 bridgehead atoms. The Hall–Kier alpha value is -3.26. The number of amides is 1. The Labute approximate surface area is 190 Å². The van der Waals surface area contributed by atoms with Crippen LogP contribution in [0.25, 0.3) is 0 Å². The van der Waals surface area contributed by atoms with Crippen LogP contribution in [0.3, 0.4) is 0 Å². The molecular formula is C23H24ClNO7. The maximum atomic E-state index is 12.8. The van der Waals surface area contributed by atoms with Crippen molar-refractivity contribution in [1.29, 1.82) is 0 Å². The highest BCUT2D eigenvalue weighted by molar-refractivity contribution is 6.32. The third kappa shape index (κ3) is 5.13. The fraction of sp³-hybridized carbons (Fsp3) is 0.348. The van der Waals surface area contributed by atoms with Crippen molar-refractivity contribution in [3.05, 3.63) is 46.5 Å². The van der Waals surface area contributed by atoms with Gasteiger partial charge in [0, 0.05) is 23.6 Å². The number of rotatable bonds is 9. The van der Waals surface area contributed by atoms with Gasteiger partial charge in [-0.1, -0.05) is 18.5 Å². The molecule has 1 fully saturated rings. The molecule has 2 atom stereocenters. The molecular weight excluding hydrogens is 438 g/mol. The van der Waals surface area contributed by atoms with Crippen molar-refractivity contribution < 1.29 is 33.3 Å². The predicted molar refractivity (Wildman–Crippen MR) is 118 cm³/mol. The van der Waals surface area contributed by atoms with Crippen LogP contribution in [-0.4, -0.2) is 45.6 Å². The molecule has 32 heavy (non-hydrogen) atoms. The standard InChI is InChI=1S/C23H24ClNO7/c1-12-7-14(12)22(27)25-17-10-21(31-4)20(30-3)9-15(17)23(28)32-11-18(26)13-5-6-19(29-2)16(24)8-13/h5-6,8-10,12,14H,7,11H2,1-4H3,(H,25,27). The first-order chi connectivity index (χ1) is 15.3. The monoisotopic (exact) mass is 461 g/mol. The summed E-state index contributed by atoms with van der Waals surface area (Å²) < 4.78 is 20.8.